The second-order valence-corrected chi connectivity index (χ2v) is 4.15. The molecule has 0 aliphatic carbocycles. The van der Waals surface area contributed by atoms with Gasteiger partial charge in [-0.05, 0) is 23.6 Å². The maximum absolute atomic E-state index is 12.5. The molecular formula is C15H11N3O. The fourth-order valence-electron chi connectivity index (χ4n) is 2.04. The predicted molar refractivity (Wildman–Crippen MR) is 73.8 cm³/mol. The van der Waals surface area contributed by atoms with Crippen LogP contribution in [0.4, 0.5) is 5.82 Å². The van der Waals surface area contributed by atoms with E-state index >= 15 is 0 Å². The lowest BCUT2D eigenvalue weighted by molar-refractivity contribution is 0.103. The molecule has 0 fully saturated rings. The Morgan fingerprint density at radius 3 is 2.63 bits per heavy atom. The molecular weight excluding hydrogens is 238 g/mol. The number of nitrogen functional groups attached to an aromatic ring is 1. The topological polar surface area (TPSA) is 68.9 Å². The third-order valence-electron chi connectivity index (χ3n) is 2.97. The van der Waals surface area contributed by atoms with Crippen LogP contribution in [0.1, 0.15) is 16.1 Å². The van der Waals surface area contributed by atoms with Gasteiger partial charge in [0.25, 0.3) is 0 Å². The quantitative estimate of drug-likeness (QED) is 0.708. The molecule has 0 bridgehead atoms. The van der Waals surface area contributed by atoms with Gasteiger partial charge < -0.3 is 5.73 Å². The van der Waals surface area contributed by atoms with Crippen LogP contribution in [0.25, 0.3) is 10.8 Å². The summed E-state index contributed by atoms with van der Waals surface area (Å²) in [5, 5.41) is 1.79. The highest BCUT2D eigenvalue weighted by molar-refractivity contribution is 6.16. The number of hydrogen-bond acceptors (Lipinski definition) is 4. The SMILES string of the molecule is Nc1ncccc1C(=O)c1nccc2ccccc12. The molecule has 0 atom stereocenters. The molecule has 1 aromatic carbocycles. The molecule has 4 nitrogen and oxygen atoms in total. The normalized spacial score (nSPS) is 10.5. The van der Waals surface area contributed by atoms with E-state index in [1.165, 1.54) is 0 Å². The molecule has 0 spiro atoms. The van der Waals surface area contributed by atoms with Crippen LogP contribution in [0.5, 0.6) is 0 Å². The lowest BCUT2D eigenvalue weighted by Gasteiger charge is -2.06. The Kier molecular flexibility index (Phi) is 2.68. The third kappa shape index (κ3) is 1.93. The van der Waals surface area contributed by atoms with E-state index in [9.17, 15) is 4.79 Å². The van der Waals surface area contributed by atoms with Crippen LogP contribution in [-0.2, 0) is 0 Å². The molecule has 0 radical (unpaired) electrons. The Morgan fingerprint density at radius 1 is 0.947 bits per heavy atom. The molecule has 2 N–H and O–H groups in total. The van der Waals surface area contributed by atoms with Crippen LogP contribution in [-0.4, -0.2) is 15.8 Å². The summed E-state index contributed by atoms with van der Waals surface area (Å²) in [6.45, 7) is 0. The highest BCUT2D eigenvalue weighted by atomic mass is 16.1. The number of aromatic nitrogens is 2. The first-order valence-electron chi connectivity index (χ1n) is 5.86. The van der Waals surface area contributed by atoms with E-state index in [2.05, 4.69) is 9.97 Å². The van der Waals surface area contributed by atoms with E-state index in [1.807, 2.05) is 30.3 Å². The zero-order chi connectivity index (χ0) is 13.2. The standard InChI is InChI=1S/C15H11N3O/c16-15-12(6-3-8-18-15)14(19)13-11-5-2-1-4-10(11)7-9-17-13/h1-9H,(H2,16,18). The van der Waals surface area contributed by atoms with Gasteiger partial charge in [0, 0.05) is 17.8 Å². The van der Waals surface area contributed by atoms with Crippen molar-refractivity contribution in [1.29, 1.82) is 0 Å². The van der Waals surface area contributed by atoms with Gasteiger partial charge in [0.1, 0.15) is 11.5 Å². The van der Waals surface area contributed by atoms with Crippen molar-refractivity contribution in [3.05, 3.63) is 66.1 Å². The summed E-state index contributed by atoms with van der Waals surface area (Å²) in [5.74, 6) is 0.0182. The Balaban J connectivity index is 2.20. The van der Waals surface area contributed by atoms with Crippen molar-refractivity contribution in [3.8, 4) is 0 Å². The summed E-state index contributed by atoms with van der Waals surface area (Å²) in [4.78, 5) is 20.6. The third-order valence-corrected chi connectivity index (χ3v) is 2.97. The number of nitrogens with zero attached hydrogens (tertiary/aromatic N) is 2. The van der Waals surface area contributed by atoms with Gasteiger partial charge >= 0.3 is 0 Å². The van der Waals surface area contributed by atoms with E-state index in [0.29, 0.717) is 11.3 Å². The number of hydrogen-bond donors (Lipinski definition) is 1. The molecule has 0 amide bonds. The largest absolute Gasteiger partial charge is 0.383 e. The second kappa shape index (κ2) is 4.49. The molecule has 0 aliphatic heterocycles. The van der Waals surface area contributed by atoms with Gasteiger partial charge in [0.15, 0.2) is 0 Å². The van der Waals surface area contributed by atoms with Crippen molar-refractivity contribution in [1.82, 2.24) is 9.97 Å². The number of ketones is 1. The van der Waals surface area contributed by atoms with Gasteiger partial charge in [0.2, 0.25) is 5.78 Å². The summed E-state index contributed by atoms with van der Waals surface area (Å²) >= 11 is 0. The average Bonchev–Trinajstić information content (AvgIpc) is 2.46. The van der Waals surface area contributed by atoms with Gasteiger partial charge in [-0.15, -0.1) is 0 Å². The number of rotatable bonds is 2. The molecule has 92 valence electrons. The maximum atomic E-state index is 12.5. The Bertz CT molecular complexity index is 763. The number of carbonyl (C=O) groups excluding carboxylic acids is 1. The zero-order valence-corrected chi connectivity index (χ0v) is 10.1. The van der Waals surface area contributed by atoms with Crippen molar-refractivity contribution < 1.29 is 4.79 Å². The number of pyridine rings is 2. The molecule has 4 heteroatoms. The van der Waals surface area contributed by atoms with E-state index < -0.39 is 0 Å². The van der Waals surface area contributed by atoms with Crippen molar-refractivity contribution >= 4 is 22.4 Å². The van der Waals surface area contributed by atoms with E-state index in [0.717, 1.165) is 10.8 Å². The predicted octanol–water partition coefficient (Wildman–Crippen LogP) is 2.44. The number of carbonyl (C=O) groups is 1. The Hall–Kier alpha value is -2.75. The molecule has 2 aromatic heterocycles. The Labute approximate surface area is 109 Å². The fraction of sp³-hybridized carbons (Fsp3) is 0. The molecule has 0 saturated heterocycles. The first-order chi connectivity index (χ1) is 9.27. The Morgan fingerprint density at radius 2 is 1.79 bits per heavy atom. The van der Waals surface area contributed by atoms with Crippen LogP contribution in [0, 0.1) is 0 Å². The lowest BCUT2D eigenvalue weighted by atomic mass is 10.0. The summed E-state index contributed by atoms with van der Waals surface area (Å²) in [5.41, 5.74) is 6.52. The molecule has 19 heavy (non-hydrogen) atoms. The van der Waals surface area contributed by atoms with Gasteiger partial charge in [-0.2, -0.15) is 0 Å². The van der Waals surface area contributed by atoms with Crippen LogP contribution >= 0.6 is 0 Å². The number of benzene rings is 1. The fourth-order valence-corrected chi connectivity index (χ4v) is 2.04. The molecule has 0 unspecified atom stereocenters. The lowest BCUT2D eigenvalue weighted by Crippen LogP contribution is -2.08. The first kappa shape index (κ1) is 11.3. The minimum atomic E-state index is -0.206. The van der Waals surface area contributed by atoms with Crippen LogP contribution in [0.15, 0.2) is 54.9 Å². The van der Waals surface area contributed by atoms with E-state index in [-0.39, 0.29) is 11.6 Å². The van der Waals surface area contributed by atoms with Gasteiger partial charge in [-0.25, -0.2) is 4.98 Å². The maximum Gasteiger partial charge on any atom is 0.215 e. The molecule has 0 aliphatic rings. The van der Waals surface area contributed by atoms with E-state index in [1.54, 1.807) is 24.5 Å². The highest BCUT2D eigenvalue weighted by Gasteiger charge is 2.16. The number of anilines is 1. The number of fused-ring (bicyclic) bond motifs is 1. The average molecular weight is 249 g/mol. The summed E-state index contributed by atoms with van der Waals surface area (Å²) in [7, 11) is 0. The number of nitrogens with two attached hydrogens (primary N) is 1. The van der Waals surface area contributed by atoms with Crippen LogP contribution in [0.2, 0.25) is 0 Å². The molecule has 3 aromatic rings. The summed E-state index contributed by atoms with van der Waals surface area (Å²) in [6.07, 6.45) is 3.19. The summed E-state index contributed by atoms with van der Waals surface area (Å²) < 4.78 is 0. The van der Waals surface area contributed by atoms with Crippen molar-refractivity contribution in [2.24, 2.45) is 0 Å². The van der Waals surface area contributed by atoms with E-state index in [4.69, 9.17) is 5.73 Å². The van der Waals surface area contributed by atoms with Crippen molar-refractivity contribution in [3.63, 3.8) is 0 Å². The minimum Gasteiger partial charge on any atom is -0.383 e. The smallest absolute Gasteiger partial charge is 0.215 e. The summed E-state index contributed by atoms with van der Waals surface area (Å²) in [6, 6.07) is 12.9. The second-order valence-electron chi connectivity index (χ2n) is 4.15. The molecule has 3 rings (SSSR count). The van der Waals surface area contributed by atoms with Gasteiger partial charge in [0.05, 0.1) is 5.56 Å². The monoisotopic (exact) mass is 249 g/mol. The van der Waals surface area contributed by atoms with Crippen LogP contribution in [0.3, 0.4) is 0 Å². The highest BCUT2D eigenvalue weighted by Crippen LogP contribution is 2.20. The zero-order valence-electron chi connectivity index (χ0n) is 10.1. The van der Waals surface area contributed by atoms with Crippen molar-refractivity contribution in [2.75, 3.05) is 5.73 Å². The van der Waals surface area contributed by atoms with Crippen molar-refractivity contribution in [2.45, 2.75) is 0 Å². The molecule has 2 heterocycles. The van der Waals surface area contributed by atoms with Gasteiger partial charge in [-0.3, -0.25) is 9.78 Å². The minimum absolute atomic E-state index is 0.206. The van der Waals surface area contributed by atoms with Gasteiger partial charge in [-0.1, -0.05) is 24.3 Å². The molecule has 0 saturated carbocycles. The van der Waals surface area contributed by atoms with Crippen LogP contribution < -0.4 is 5.73 Å². The first-order valence-corrected chi connectivity index (χ1v) is 5.86.